The van der Waals surface area contributed by atoms with E-state index in [0.29, 0.717) is 37.1 Å². The van der Waals surface area contributed by atoms with Crippen LogP contribution in [0.5, 0.6) is 0 Å². The molecule has 53 heavy (non-hydrogen) atoms. The number of hydrogen-bond acceptors (Lipinski definition) is 10. The van der Waals surface area contributed by atoms with Crippen LogP contribution in [0.25, 0.3) is 0 Å². The highest BCUT2D eigenvalue weighted by atomic mass is 32.2. The van der Waals surface area contributed by atoms with Crippen LogP contribution in [0, 0.1) is 23.7 Å². The summed E-state index contributed by atoms with van der Waals surface area (Å²) in [6, 6.07) is 4.17. The van der Waals surface area contributed by atoms with Crippen LogP contribution in [0.1, 0.15) is 79.7 Å². The molecule has 0 radical (unpaired) electrons. The summed E-state index contributed by atoms with van der Waals surface area (Å²) in [4.78, 5) is 60.1. The number of hydrogen-bond donors (Lipinski definition) is 3. The van der Waals surface area contributed by atoms with Crippen molar-refractivity contribution in [3.63, 3.8) is 0 Å². The van der Waals surface area contributed by atoms with E-state index in [2.05, 4.69) is 10.0 Å². The number of nitrogens with two attached hydrogens (primary N) is 1. The van der Waals surface area contributed by atoms with Gasteiger partial charge in [-0.2, -0.15) is 0 Å². The fourth-order valence-corrected chi connectivity index (χ4v) is 8.72. The molecule has 14 nitrogen and oxygen atoms in total. The summed E-state index contributed by atoms with van der Waals surface area (Å²) < 4.78 is 39.7. The number of amides is 4. The zero-order chi connectivity index (χ0) is 40.4. The maximum atomic E-state index is 14.2. The molecular weight excluding hydrogens is 701 g/mol. The Morgan fingerprint density at radius 3 is 2.04 bits per heavy atom. The standard InChI is InChI=1S/C38H66N6O8S/c1-13-25(6)34(43(10)38(48)32(23(2)3)40-37(47)33(24(4)5)42(8)9)30(51-11)21-31(45)44-20-14-15-29(44)35(52-12)26(7)36(46)41-53(49,50)22-27-16-18-28(39)19-17-27/h16-19,23-26,29-30,32-35H,13-15,20-22,39H2,1-12H3,(H,40,47)(H,41,46). The number of methoxy groups -OCH3 is 2. The molecule has 8 atom stereocenters. The van der Waals surface area contributed by atoms with Gasteiger partial charge in [-0.05, 0) is 62.4 Å². The lowest BCUT2D eigenvalue weighted by Crippen LogP contribution is -2.59. The third-order valence-electron chi connectivity index (χ3n) is 10.5. The van der Waals surface area contributed by atoms with Crippen molar-refractivity contribution < 1.29 is 37.1 Å². The largest absolute Gasteiger partial charge is 0.399 e. The van der Waals surface area contributed by atoms with Crippen LogP contribution >= 0.6 is 0 Å². The predicted molar refractivity (Wildman–Crippen MR) is 207 cm³/mol. The molecule has 1 aliphatic heterocycles. The van der Waals surface area contributed by atoms with Crippen molar-refractivity contribution in [2.24, 2.45) is 23.7 Å². The lowest BCUT2D eigenvalue weighted by molar-refractivity contribution is -0.148. The average molecular weight is 767 g/mol. The Balaban J connectivity index is 2.26. The van der Waals surface area contributed by atoms with Gasteiger partial charge in [0, 0.05) is 33.5 Å². The van der Waals surface area contributed by atoms with Crippen molar-refractivity contribution >= 4 is 39.3 Å². The van der Waals surface area contributed by atoms with E-state index in [4.69, 9.17) is 15.2 Å². The van der Waals surface area contributed by atoms with Gasteiger partial charge in [-0.3, -0.25) is 28.8 Å². The molecule has 0 spiro atoms. The molecule has 1 aromatic carbocycles. The summed E-state index contributed by atoms with van der Waals surface area (Å²) in [7, 11) is 4.32. The maximum absolute atomic E-state index is 14.2. The van der Waals surface area contributed by atoms with E-state index in [1.807, 2.05) is 60.5 Å². The van der Waals surface area contributed by atoms with Crippen molar-refractivity contribution in [3.8, 4) is 0 Å². The first-order valence-corrected chi connectivity index (χ1v) is 20.3. The predicted octanol–water partition coefficient (Wildman–Crippen LogP) is 2.86. The molecular formula is C38H66N6O8S. The minimum absolute atomic E-state index is 0.0280. The quantitative estimate of drug-likeness (QED) is 0.167. The third kappa shape index (κ3) is 12.4. The Bertz CT molecular complexity index is 1460. The van der Waals surface area contributed by atoms with E-state index in [1.165, 1.54) is 14.2 Å². The molecule has 1 aromatic rings. The molecule has 4 N–H and O–H groups in total. The summed E-state index contributed by atoms with van der Waals surface area (Å²) in [5, 5.41) is 3.01. The summed E-state index contributed by atoms with van der Waals surface area (Å²) in [6.45, 7) is 13.8. The van der Waals surface area contributed by atoms with Crippen LogP contribution in [0.2, 0.25) is 0 Å². The Kier molecular flexibility index (Phi) is 17.7. The molecule has 0 saturated carbocycles. The van der Waals surface area contributed by atoms with E-state index in [-0.39, 0.29) is 41.9 Å². The number of sulfonamides is 1. The molecule has 1 aliphatic rings. The fraction of sp³-hybridized carbons (Fsp3) is 0.737. The molecule has 1 saturated heterocycles. The van der Waals surface area contributed by atoms with Crippen LogP contribution in [0.4, 0.5) is 5.69 Å². The monoisotopic (exact) mass is 766 g/mol. The smallest absolute Gasteiger partial charge is 0.245 e. The number of carbonyl (C=O) groups excluding carboxylic acids is 4. The minimum Gasteiger partial charge on any atom is -0.399 e. The summed E-state index contributed by atoms with van der Waals surface area (Å²) in [5.41, 5.74) is 6.68. The SMILES string of the molecule is CCC(C)C(C(CC(=O)N1CCCC1C(OC)C(C)C(=O)NS(=O)(=O)Cc1ccc(N)cc1)OC)N(C)C(=O)C(NC(=O)C(C(C)C)N(C)C)C(C)C. The number of nitrogens with one attached hydrogen (secondary N) is 2. The van der Waals surface area contributed by atoms with Gasteiger partial charge in [0.05, 0.1) is 48.4 Å². The van der Waals surface area contributed by atoms with Crippen molar-refractivity contribution in [3.05, 3.63) is 29.8 Å². The van der Waals surface area contributed by atoms with Gasteiger partial charge in [-0.15, -0.1) is 0 Å². The molecule has 1 fully saturated rings. The number of benzene rings is 1. The lowest BCUT2D eigenvalue weighted by atomic mass is 9.89. The lowest BCUT2D eigenvalue weighted by Gasteiger charge is -2.41. The number of ether oxygens (including phenoxy) is 2. The zero-order valence-electron chi connectivity index (χ0n) is 33.9. The Hall–Kier alpha value is -3.27. The Labute approximate surface area is 317 Å². The molecule has 2 rings (SSSR count). The zero-order valence-corrected chi connectivity index (χ0v) is 34.7. The number of rotatable bonds is 20. The fourth-order valence-electron chi connectivity index (χ4n) is 7.53. The second-order valence-electron chi connectivity index (χ2n) is 15.4. The van der Waals surface area contributed by atoms with Crippen LogP contribution < -0.4 is 15.8 Å². The van der Waals surface area contributed by atoms with Gasteiger partial charge in [-0.25, -0.2) is 8.42 Å². The highest BCUT2D eigenvalue weighted by molar-refractivity contribution is 7.89. The number of likely N-dealkylation sites (tertiary alicyclic amines) is 1. The minimum atomic E-state index is -4.02. The Morgan fingerprint density at radius 2 is 1.55 bits per heavy atom. The van der Waals surface area contributed by atoms with Crippen LogP contribution in [0.15, 0.2) is 24.3 Å². The van der Waals surface area contributed by atoms with E-state index in [9.17, 15) is 27.6 Å². The second kappa shape index (κ2) is 20.4. The molecule has 0 aromatic heterocycles. The maximum Gasteiger partial charge on any atom is 0.245 e. The molecule has 1 heterocycles. The molecule has 0 aliphatic carbocycles. The summed E-state index contributed by atoms with van der Waals surface area (Å²) >= 11 is 0. The van der Waals surface area contributed by atoms with Crippen molar-refractivity contribution in [1.82, 2.24) is 24.7 Å². The summed E-state index contributed by atoms with van der Waals surface area (Å²) in [5.74, 6) is -2.97. The number of carbonyl (C=O) groups is 4. The van der Waals surface area contributed by atoms with Crippen molar-refractivity contribution in [2.45, 2.75) is 116 Å². The number of anilines is 1. The van der Waals surface area contributed by atoms with Gasteiger partial charge < -0.3 is 30.3 Å². The first-order chi connectivity index (χ1) is 24.7. The van der Waals surface area contributed by atoms with E-state index in [0.717, 1.165) is 0 Å². The van der Waals surface area contributed by atoms with Gasteiger partial charge in [0.15, 0.2) is 0 Å². The molecule has 15 heteroatoms. The highest BCUT2D eigenvalue weighted by Crippen LogP contribution is 2.30. The molecule has 8 unspecified atom stereocenters. The van der Waals surface area contributed by atoms with Gasteiger partial charge >= 0.3 is 0 Å². The van der Waals surface area contributed by atoms with Crippen molar-refractivity contribution in [2.75, 3.05) is 47.6 Å². The van der Waals surface area contributed by atoms with E-state index in [1.54, 1.807) is 48.0 Å². The normalized spacial score (nSPS) is 19.0. The Morgan fingerprint density at radius 1 is 0.943 bits per heavy atom. The summed E-state index contributed by atoms with van der Waals surface area (Å²) in [6.07, 6.45) is 0.437. The van der Waals surface area contributed by atoms with Crippen LogP contribution in [-0.4, -0.2) is 125 Å². The topological polar surface area (TPSA) is 181 Å². The number of likely N-dealkylation sites (N-methyl/N-ethyl adjacent to an activating group) is 2. The van der Waals surface area contributed by atoms with Gasteiger partial charge in [-0.1, -0.05) is 67.0 Å². The molecule has 4 amide bonds. The average Bonchev–Trinajstić information content (AvgIpc) is 3.56. The van der Waals surface area contributed by atoms with E-state index < -0.39 is 64.0 Å². The first kappa shape index (κ1) is 45.9. The van der Waals surface area contributed by atoms with Crippen LogP contribution in [-0.2, 0) is 44.4 Å². The first-order valence-electron chi connectivity index (χ1n) is 18.7. The van der Waals surface area contributed by atoms with Crippen LogP contribution in [0.3, 0.4) is 0 Å². The van der Waals surface area contributed by atoms with Crippen molar-refractivity contribution in [1.29, 1.82) is 0 Å². The molecule has 302 valence electrons. The van der Waals surface area contributed by atoms with E-state index >= 15 is 0 Å². The third-order valence-corrected chi connectivity index (χ3v) is 11.8. The molecule has 0 bridgehead atoms. The highest BCUT2D eigenvalue weighted by Gasteiger charge is 2.43. The number of nitrogen functional groups attached to an aromatic ring is 1. The van der Waals surface area contributed by atoms with Gasteiger partial charge in [0.25, 0.3) is 0 Å². The second-order valence-corrected chi connectivity index (χ2v) is 17.2. The van der Waals surface area contributed by atoms with Gasteiger partial charge in [0.1, 0.15) is 6.04 Å². The number of nitrogens with zero attached hydrogens (tertiary/aromatic N) is 3. The van der Waals surface area contributed by atoms with Gasteiger partial charge in [0.2, 0.25) is 33.7 Å².